The minimum Gasteiger partial charge on any atom is -0.480 e. The Labute approximate surface area is 276 Å². The van der Waals surface area contributed by atoms with Crippen LogP contribution >= 0.6 is 7.60 Å². The number of piperidine rings is 1. The van der Waals surface area contributed by atoms with E-state index in [-0.39, 0.29) is 17.4 Å². The molecule has 0 aliphatic carbocycles. The lowest BCUT2D eigenvalue weighted by Crippen LogP contribution is -2.69. The van der Waals surface area contributed by atoms with Gasteiger partial charge in [0.2, 0.25) is 21.3 Å². The van der Waals surface area contributed by atoms with Gasteiger partial charge in [0.05, 0.1) is 16.9 Å². The minimum absolute atomic E-state index is 0.0556. The highest BCUT2D eigenvalue weighted by atomic mass is 32.2. The highest BCUT2D eigenvalue weighted by Crippen LogP contribution is 2.63. The number of benzene rings is 1. The molecule has 47 heavy (non-hydrogen) atoms. The van der Waals surface area contributed by atoms with Crippen molar-refractivity contribution < 1.29 is 56.9 Å². The SMILES string of the molecule is CCCCCON(C(=O)OC(C)CC(C)C)C(C)C(O)(C1(C(=O)NC(C)C(=O)O)CCN(S(=O)(=O)c2ccccc2)CC1)P(=O)(O)O. The third-order valence-electron chi connectivity index (χ3n) is 8.46. The third kappa shape index (κ3) is 9.31. The number of amides is 2. The summed E-state index contributed by atoms with van der Waals surface area (Å²) in [5.74, 6) is -2.58. The van der Waals surface area contributed by atoms with Gasteiger partial charge in [-0.3, -0.25) is 19.0 Å². The highest BCUT2D eigenvalue weighted by Gasteiger charge is 2.70. The lowest BCUT2D eigenvalue weighted by molar-refractivity contribution is -0.213. The monoisotopic (exact) mass is 707 g/mol. The lowest BCUT2D eigenvalue weighted by atomic mass is 9.70. The Morgan fingerprint density at radius 3 is 2.13 bits per heavy atom. The average Bonchev–Trinajstić information content (AvgIpc) is 2.99. The third-order valence-corrected chi connectivity index (χ3v) is 12.1. The van der Waals surface area contributed by atoms with Crippen LogP contribution < -0.4 is 5.32 Å². The first-order valence-electron chi connectivity index (χ1n) is 15.8. The molecule has 1 aliphatic heterocycles. The molecule has 4 unspecified atom stereocenters. The van der Waals surface area contributed by atoms with Crippen molar-refractivity contribution in [3.63, 3.8) is 0 Å². The molecule has 1 fully saturated rings. The standard InChI is InChI=1S/C30H50N3O12PS/c1-7-8-12-19-44-33(28(37)45-22(4)20-21(2)3)24(6)30(38,46(39,40)41)29(27(36)31-23(5)26(34)35)15-17-32(18-16-29)47(42,43)25-13-10-9-11-14-25/h9-11,13-14,21-24,38H,7-8,12,15-20H2,1-6H3,(H,31,36)(H,34,35)(H2,39,40,41). The van der Waals surface area contributed by atoms with Crippen molar-refractivity contribution in [2.24, 2.45) is 11.3 Å². The number of unbranched alkanes of at least 4 members (excludes halogenated alkanes) is 2. The van der Waals surface area contributed by atoms with Crippen molar-refractivity contribution >= 4 is 35.6 Å². The van der Waals surface area contributed by atoms with E-state index in [0.29, 0.717) is 24.3 Å². The number of hydrogen-bond donors (Lipinski definition) is 5. The molecule has 0 radical (unpaired) electrons. The Bertz CT molecular complexity index is 1370. The molecule has 15 nitrogen and oxygen atoms in total. The predicted octanol–water partition coefficient (Wildman–Crippen LogP) is 3.30. The first-order valence-corrected chi connectivity index (χ1v) is 18.8. The Balaban J connectivity index is 2.68. The number of sulfonamides is 1. The second-order valence-corrected chi connectivity index (χ2v) is 16.2. The molecule has 1 saturated heterocycles. The van der Waals surface area contributed by atoms with Gasteiger partial charge < -0.3 is 30.1 Å². The van der Waals surface area contributed by atoms with Gasteiger partial charge in [-0.1, -0.05) is 51.8 Å². The number of ether oxygens (including phenoxy) is 1. The zero-order valence-electron chi connectivity index (χ0n) is 27.9. The molecule has 1 aromatic carbocycles. The molecular weight excluding hydrogens is 657 g/mol. The van der Waals surface area contributed by atoms with Gasteiger partial charge in [0.1, 0.15) is 18.2 Å². The molecule has 1 heterocycles. The number of aliphatic carboxylic acids is 1. The second kappa shape index (κ2) is 16.7. The Kier molecular flexibility index (Phi) is 14.4. The molecule has 0 bridgehead atoms. The van der Waals surface area contributed by atoms with Crippen LogP contribution in [0.5, 0.6) is 0 Å². The molecule has 2 rings (SSSR count). The van der Waals surface area contributed by atoms with Crippen molar-refractivity contribution in [3.8, 4) is 0 Å². The van der Waals surface area contributed by atoms with E-state index in [1.54, 1.807) is 13.0 Å². The topological polar surface area (TPSA) is 220 Å². The zero-order valence-corrected chi connectivity index (χ0v) is 29.6. The number of carboxylic acids is 1. The number of nitrogens with one attached hydrogen (secondary N) is 1. The molecule has 2 amide bonds. The Hall–Kier alpha value is -2.59. The second-order valence-electron chi connectivity index (χ2n) is 12.5. The van der Waals surface area contributed by atoms with Crippen molar-refractivity contribution in [1.29, 1.82) is 0 Å². The first kappa shape index (κ1) is 40.6. The smallest absolute Gasteiger partial charge is 0.434 e. The van der Waals surface area contributed by atoms with Crippen LogP contribution in [0.4, 0.5) is 4.79 Å². The van der Waals surface area contributed by atoms with Crippen LogP contribution in [0.3, 0.4) is 0 Å². The molecule has 0 spiro atoms. The van der Waals surface area contributed by atoms with E-state index < -0.39 is 90.5 Å². The molecule has 1 aromatic rings. The van der Waals surface area contributed by atoms with Gasteiger partial charge in [0.25, 0.3) is 0 Å². The summed E-state index contributed by atoms with van der Waals surface area (Å²) >= 11 is 0. The van der Waals surface area contributed by atoms with Crippen LogP contribution in [-0.2, 0) is 33.8 Å². The van der Waals surface area contributed by atoms with Crippen molar-refractivity contribution in [2.45, 2.75) is 108 Å². The van der Waals surface area contributed by atoms with E-state index in [0.717, 1.165) is 24.6 Å². The summed E-state index contributed by atoms with van der Waals surface area (Å²) in [6.07, 6.45) is -0.748. The molecule has 0 saturated carbocycles. The fourth-order valence-electron chi connectivity index (χ4n) is 5.87. The quantitative estimate of drug-likeness (QED) is 0.0895. The number of carbonyl (C=O) groups excluding carboxylic acids is 2. The summed E-state index contributed by atoms with van der Waals surface area (Å²) in [6.45, 7) is 8.53. The summed E-state index contributed by atoms with van der Waals surface area (Å²) in [4.78, 5) is 66.6. The molecular formula is C30H50N3O12PS. The largest absolute Gasteiger partial charge is 0.480 e. The molecule has 5 N–H and O–H groups in total. The summed E-state index contributed by atoms with van der Waals surface area (Å²) < 4.78 is 46.8. The van der Waals surface area contributed by atoms with Gasteiger partial charge in [-0.05, 0) is 64.5 Å². The van der Waals surface area contributed by atoms with E-state index in [9.17, 15) is 47.4 Å². The van der Waals surface area contributed by atoms with E-state index in [2.05, 4.69) is 5.32 Å². The van der Waals surface area contributed by atoms with Crippen LogP contribution in [0.2, 0.25) is 0 Å². The van der Waals surface area contributed by atoms with Gasteiger partial charge in [0.15, 0.2) is 0 Å². The van der Waals surface area contributed by atoms with Crippen molar-refractivity contribution in [3.05, 3.63) is 30.3 Å². The first-order chi connectivity index (χ1) is 21.8. The summed E-state index contributed by atoms with van der Waals surface area (Å²) in [5.41, 5.74) is -2.51. The molecule has 0 aromatic heterocycles. The maximum Gasteiger partial charge on any atom is 0.434 e. The summed E-state index contributed by atoms with van der Waals surface area (Å²) in [5, 5.41) is 21.2. The number of aliphatic hydroxyl groups is 1. The van der Waals surface area contributed by atoms with Crippen LogP contribution in [0.1, 0.15) is 80.1 Å². The Morgan fingerprint density at radius 2 is 1.64 bits per heavy atom. The molecule has 17 heteroatoms. The number of carbonyl (C=O) groups is 3. The fourth-order valence-corrected chi connectivity index (χ4v) is 8.80. The van der Waals surface area contributed by atoms with Crippen LogP contribution in [0.25, 0.3) is 0 Å². The minimum atomic E-state index is -5.86. The summed E-state index contributed by atoms with van der Waals surface area (Å²) in [7, 11) is -9.99. The maximum atomic E-state index is 14.0. The van der Waals surface area contributed by atoms with Crippen LogP contribution in [-0.4, -0.2) is 99.0 Å². The Morgan fingerprint density at radius 1 is 1.06 bits per heavy atom. The lowest BCUT2D eigenvalue weighted by Gasteiger charge is -2.52. The van der Waals surface area contributed by atoms with Crippen molar-refractivity contribution in [2.75, 3.05) is 19.7 Å². The van der Waals surface area contributed by atoms with E-state index in [1.165, 1.54) is 24.3 Å². The zero-order chi connectivity index (χ0) is 35.8. The van der Waals surface area contributed by atoms with Crippen LogP contribution in [0, 0.1) is 11.3 Å². The van der Waals surface area contributed by atoms with Gasteiger partial charge in [-0.15, -0.1) is 0 Å². The van der Waals surface area contributed by atoms with Crippen LogP contribution in [0.15, 0.2) is 35.2 Å². The van der Waals surface area contributed by atoms with E-state index in [4.69, 9.17) is 9.57 Å². The molecule has 268 valence electrons. The highest BCUT2D eigenvalue weighted by molar-refractivity contribution is 7.89. The molecule has 1 aliphatic rings. The van der Waals surface area contributed by atoms with E-state index in [1.807, 2.05) is 20.8 Å². The van der Waals surface area contributed by atoms with Crippen molar-refractivity contribution in [1.82, 2.24) is 14.7 Å². The number of carboxylic acid groups (broad SMARTS) is 1. The van der Waals surface area contributed by atoms with Gasteiger partial charge in [-0.2, -0.15) is 9.37 Å². The fraction of sp³-hybridized carbons (Fsp3) is 0.700. The number of hydroxylamine groups is 2. The van der Waals surface area contributed by atoms with Gasteiger partial charge >= 0.3 is 19.7 Å². The number of rotatable bonds is 17. The molecule has 4 atom stereocenters. The van der Waals surface area contributed by atoms with E-state index >= 15 is 0 Å². The normalized spacial score (nSPS) is 18.9. The van der Waals surface area contributed by atoms with Gasteiger partial charge in [0, 0.05) is 13.1 Å². The number of hydrogen-bond acceptors (Lipinski definition) is 9. The predicted molar refractivity (Wildman–Crippen MR) is 171 cm³/mol. The average molecular weight is 708 g/mol. The summed E-state index contributed by atoms with van der Waals surface area (Å²) in [6, 6.07) is 3.90. The maximum absolute atomic E-state index is 14.0. The number of nitrogens with zero attached hydrogens (tertiary/aromatic N) is 2. The van der Waals surface area contributed by atoms with Gasteiger partial charge in [-0.25, -0.2) is 13.2 Å².